The van der Waals surface area contributed by atoms with Crippen LogP contribution in [0.4, 0.5) is 18.9 Å². The highest BCUT2D eigenvalue weighted by molar-refractivity contribution is 6.01. The smallest absolute Gasteiger partial charge is 0.257 e. The number of rotatable bonds is 12. The van der Waals surface area contributed by atoms with Gasteiger partial charge in [-0.25, -0.2) is 13.2 Å². The summed E-state index contributed by atoms with van der Waals surface area (Å²) in [5.74, 6) is -0.749. The van der Waals surface area contributed by atoms with Crippen molar-refractivity contribution in [2.45, 2.75) is 81.1 Å². The van der Waals surface area contributed by atoms with Crippen LogP contribution >= 0.6 is 0 Å². The van der Waals surface area contributed by atoms with Gasteiger partial charge in [-0.15, -0.1) is 0 Å². The summed E-state index contributed by atoms with van der Waals surface area (Å²) in [6, 6.07) is 17.0. The second kappa shape index (κ2) is 11.8. The fourth-order valence-electron chi connectivity index (χ4n) is 5.28. The number of pyridine rings is 1. The average Bonchev–Trinajstić information content (AvgIpc) is 3.92. The van der Waals surface area contributed by atoms with E-state index in [1.807, 2.05) is 30.3 Å². The number of carbonyl (C=O) groups excluding carboxylic acids is 2. The monoisotopic (exact) mass is 589 g/mol. The van der Waals surface area contributed by atoms with Gasteiger partial charge in [0.1, 0.15) is 11.2 Å². The molecule has 1 heterocycles. The van der Waals surface area contributed by atoms with Crippen molar-refractivity contribution in [1.82, 2.24) is 15.6 Å². The highest BCUT2D eigenvalue weighted by Crippen LogP contribution is 2.49. The summed E-state index contributed by atoms with van der Waals surface area (Å²) in [6.07, 6.45) is 2.46. The van der Waals surface area contributed by atoms with E-state index >= 15 is 0 Å². The molecular formula is C33H34F3N5O2. The van der Waals surface area contributed by atoms with Gasteiger partial charge in [0.2, 0.25) is 11.8 Å². The number of nitriles is 1. The minimum Gasteiger partial charge on any atom is -0.336 e. The van der Waals surface area contributed by atoms with Crippen LogP contribution < -0.4 is 16.0 Å². The van der Waals surface area contributed by atoms with Crippen LogP contribution in [0, 0.1) is 11.3 Å². The first-order valence-electron chi connectivity index (χ1n) is 14.3. The molecule has 3 N–H and O–H groups in total. The lowest BCUT2D eigenvalue weighted by atomic mass is 9.92. The molecule has 2 amide bonds. The van der Waals surface area contributed by atoms with Crippen molar-refractivity contribution in [2.24, 2.45) is 0 Å². The number of anilines is 1. The first-order chi connectivity index (χ1) is 20.4. The fraction of sp³-hybridized carbons (Fsp3) is 0.394. The molecular weight excluding hydrogens is 555 g/mol. The zero-order valence-corrected chi connectivity index (χ0v) is 24.0. The zero-order valence-electron chi connectivity index (χ0n) is 24.0. The number of benzene rings is 2. The number of nitrogens with one attached hydrogen (secondary N) is 3. The normalized spacial score (nSPS) is 17.8. The summed E-state index contributed by atoms with van der Waals surface area (Å²) < 4.78 is 43.1. The van der Waals surface area contributed by atoms with Gasteiger partial charge in [0, 0.05) is 12.6 Å². The van der Waals surface area contributed by atoms with Gasteiger partial charge < -0.3 is 10.6 Å². The Morgan fingerprint density at radius 1 is 1.00 bits per heavy atom. The molecule has 10 heteroatoms. The Balaban J connectivity index is 1.29. The third-order valence-electron chi connectivity index (χ3n) is 8.11. The quantitative estimate of drug-likeness (QED) is 0.241. The van der Waals surface area contributed by atoms with Crippen LogP contribution in [0.5, 0.6) is 0 Å². The molecule has 3 aromatic rings. The standard InChI is InChI=1S/C33H34F3N5O2/c1-31(2,36)18-26(29(42)41-32(20-37)13-14-32)40-27(28(34)35)23-7-5-21(6-8-23)22-9-11-24(12-10-22)33(15-16-33)30(43)39-25-4-3-17-38-19-25/h3-12,17,19,26-28,40H,13-16,18H2,1-2H3,(H,39,43)(H,41,42)/t26-,27-/m0/s1. The fourth-order valence-corrected chi connectivity index (χ4v) is 5.28. The van der Waals surface area contributed by atoms with Crippen molar-refractivity contribution in [3.05, 3.63) is 84.2 Å². The van der Waals surface area contributed by atoms with Crippen LogP contribution in [0.1, 0.15) is 63.1 Å². The predicted molar refractivity (Wildman–Crippen MR) is 157 cm³/mol. The predicted octanol–water partition coefficient (Wildman–Crippen LogP) is 5.99. The first-order valence-corrected chi connectivity index (χ1v) is 14.3. The SMILES string of the molecule is CC(C)(F)C[C@H](N[C@@H](c1ccc(-c2ccc(C3(C(=O)Nc4cccnc4)CC3)cc2)cc1)C(F)F)C(=O)NC1(C#N)CC1. The summed E-state index contributed by atoms with van der Waals surface area (Å²) in [7, 11) is 0. The van der Waals surface area contributed by atoms with Crippen LogP contribution in [0.3, 0.4) is 0 Å². The van der Waals surface area contributed by atoms with Gasteiger partial charge in [0.15, 0.2) is 0 Å². The number of halogens is 3. The molecule has 2 aromatic carbocycles. The number of carbonyl (C=O) groups is 2. The minimum atomic E-state index is -2.87. The molecule has 0 aliphatic heterocycles. The van der Waals surface area contributed by atoms with Crippen LogP contribution in [0.2, 0.25) is 0 Å². The van der Waals surface area contributed by atoms with Gasteiger partial charge in [-0.2, -0.15) is 5.26 Å². The Kier molecular flexibility index (Phi) is 8.30. The van der Waals surface area contributed by atoms with Crippen LogP contribution in [0.25, 0.3) is 11.1 Å². The highest BCUT2D eigenvalue weighted by Gasteiger charge is 2.51. The Labute approximate surface area is 248 Å². The molecule has 2 saturated carbocycles. The molecule has 0 radical (unpaired) electrons. The molecule has 2 atom stereocenters. The van der Waals surface area contributed by atoms with E-state index in [9.17, 15) is 28.0 Å². The van der Waals surface area contributed by atoms with Crippen molar-refractivity contribution < 1.29 is 22.8 Å². The molecule has 0 unspecified atom stereocenters. The highest BCUT2D eigenvalue weighted by atomic mass is 19.3. The molecule has 224 valence electrons. The van der Waals surface area contributed by atoms with E-state index < -0.39 is 41.0 Å². The Morgan fingerprint density at radius 2 is 1.63 bits per heavy atom. The molecule has 2 fully saturated rings. The van der Waals surface area contributed by atoms with E-state index in [-0.39, 0.29) is 17.9 Å². The van der Waals surface area contributed by atoms with Gasteiger partial charge in [-0.05, 0) is 73.9 Å². The van der Waals surface area contributed by atoms with E-state index in [0.29, 0.717) is 18.5 Å². The number of alkyl halides is 3. The average molecular weight is 590 g/mol. The van der Waals surface area contributed by atoms with E-state index in [4.69, 9.17) is 0 Å². The lowest BCUT2D eigenvalue weighted by Crippen LogP contribution is -2.52. The lowest BCUT2D eigenvalue weighted by molar-refractivity contribution is -0.125. The maximum Gasteiger partial charge on any atom is 0.257 e. The van der Waals surface area contributed by atoms with Crippen LogP contribution in [-0.4, -0.2) is 40.5 Å². The number of aromatic nitrogens is 1. The molecule has 43 heavy (non-hydrogen) atoms. The molecule has 1 aromatic heterocycles. The van der Waals surface area contributed by atoms with Gasteiger partial charge in [-0.1, -0.05) is 48.5 Å². The summed E-state index contributed by atoms with van der Waals surface area (Å²) in [5, 5.41) is 17.5. The number of nitrogens with zero attached hydrogens (tertiary/aromatic N) is 2. The van der Waals surface area contributed by atoms with Crippen molar-refractivity contribution in [1.29, 1.82) is 5.26 Å². The summed E-state index contributed by atoms with van der Waals surface area (Å²) in [5.41, 5.74) is 0.0338. The number of hydrogen-bond donors (Lipinski definition) is 3. The second-order valence-corrected chi connectivity index (χ2v) is 12.1. The maximum absolute atomic E-state index is 14.6. The lowest BCUT2D eigenvalue weighted by Gasteiger charge is -2.29. The van der Waals surface area contributed by atoms with Crippen molar-refractivity contribution in [3.63, 3.8) is 0 Å². The van der Waals surface area contributed by atoms with E-state index in [0.717, 1.165) is 29.5 Å². The maximum atomic E-state index is 14.6. The Bertz CT molecular complexity index is 1490. The minimum absolute atomic E-state index is 0.0776. The molecule has 0 saturated heterocycles. The molecule has 0 bridgehead atoms. The summed E-state index contributed by atoms with van der Waals surface area (Å²) in [4.78, 5) is 30.0. The topological polar surface area (TPSA) is 107 Å². The third-order valence-corrected chi connectivity index (χ3v) is 8.11. The zero-order chi connectivity index (χ0) is 30.8. The molecule has 2 aliphatic carbocycles. The van der Waals surface area contributed by atoms with Gasteiger partial charge in [0.05, 0.1) is 35.5 Å². The van der Waals surface area contributed by atoms with Crippen molar-refractivity contribution in [2.75, 3.05) is 5.32 Å². The number of amides is 2. The van der Waals surface area contributed by atoms with Gasteiger partial charge in [0.25, 0.3) is 6.43 Å². The van der Waals surface area contributed by atoms with Crippen molar-refractivity contribution in [3.8, 4) is 17.2 Å². The summed E-state index contributed by atoms with van der Waals surface area (Å²) in [6.45, 7) is 2.56. The molecule has 7 nitrogen and oxygen atoms in total. The van der Waals surface area contributed by atoms with E-state index in [1.54, 1.807) is 48.8 Å². The van der Waals surface area contributed by atoms with Gasteiger partial charge >= 0.3 is 0 Å². The third kappa shape index (κ3) is 7.05. The van der Waals surface area contributed by atoms with Crippen LogP contribution in [0.15, 0.2) is 73.1 Å². The molecule has 0 spiro atoms. The van der Waals surface area contributed by atoms with Crippen LogP contribution in [-0.2, 0) is 15.0 Å². The Hall–Kier alpha value is -4.23. The largest absolute Gasteiger partial charge is 0.336 e. The summed E-state index contributed by atoms with van der Waals surface area (Å²) >= 11 is 0. The Morgan fingerprint density at radius 3 is 2.12 bits per heavy atom. The van der Waals surface area contributed by atoms with Gasteiger partial charge in [-0.3, -0.25) is 19.9 Å². The number of hydrogen-bond acceptors (Lipinski definition) is 5. The van der Waals surface area contributed by atoms with Crippen molar-refractivity contribution >= 4 is 17.5 Å². The molecule has 5 rings (SSSR count). The molecule has 2 aliphatic rings. The van der Waals surface area contributed by atoms with E-state index in [2.05, 4.69) is 20.9 Å². The first kappa shape index (κ1) is 30.2. The van der Waals surface area contributed by atoms with E-state index in [1.165, 1.54) is 13.8 Å². The second-order valence-electron chi connectivity index (χ2n) is 12.1.